The summed E-state index contributed by atoms with van der Waals surface area (Å²) in [7, 11) is 1.24. The molecule has 6 heteroatoms. The van der Waals surface area contributed by atoms with Gasteiger partial charge in [-0.05, 0) is 40.5 Å². The van der Waals surface area contributed by atoms with Crippen molar-refractivity contribution < 1.29 is 14.4 Å². The zero-order valence-electron chi connectivity index (χ0n) is 16.4. The number of hydrogen-bond acceptors (Lipinski definition) is 5. The van der Waals surface area contributed by atoms with Gasteiger partial charge in [0, 0.05) is 20.0 Å². The van der Waals surface area contributed by atoms with E-state index in [4.69, 9.17) is 4.74 Å². The number of allylic oxidation sites excluding steroid dienone is 2. The molecule has 3 fully saturated rings. The molecule has 2 aliphatic carbocycles. The number of fused-ring (bicyclic) bond motifs is 1. The fourth-order valence-electron chi connectivity index (χ4n) is 4.90. The molecule has 25 heavy (non-hydrogen) atoms. The molecule has 3 rings (SSSR count). The van der Waals surface area contributed by atoms with Crippen LogP contribution in [0, 0.1) is 11.8 Å². The highest BCUT2D eigenvalue weighted by Crippen LogP contribution is 2.77. The Balaban J connectivity index is 1.86. The average Bonchev–Trinajstić information content (AvgIpc) is 3.22. The van der Waals surface area contributed by atoms with E-state index in [0.29, 0.717) is 12.1 Å². The fourth-order valence-corrected chi connectivity index (χ4v) is 8.95. The highest BCUT2D eigenvalue weighted by atomic mass is 31.2. The molecule has 0 aromatic rings. The summed E-state index contributed by atoms with van der Waals surface area (Å²) in [6, 6.07) is 0.714. The van der Waals surface area contributed by atoms with Crippen molar-refractivity contribution in [2.75, 3.05) is 14.1 Å². The molecule has 142 valence electrons. The smallest absolute Gasteiger partial charge is 0.314 e. The largest absolute Gasteiger partial charge is 0.650 e. The Hall–Kier alpha value is -0.480. The van der Waals surface area contributed by atoms with Crippen LogP contribution in [0.5, 0.6) is 0 Å². The van der Waals surface area contributed by atoms with E-state index in [2.05, 4.69) is 9.34 Å². The molecule has 1 aliphatic heterocycles. The minimum atomic E-state index is -2.77. The lowest BCUT2D eigenvalue weighted by Crippen LogP contribution is -2.37. The topological polar surface area (TPSA) is 55.8 Å². The van der Waals surface area contributed by atoms with Crippen LogP contribution >= 0.6 is 7.79 Å². The van der Waals surface area contributed by atoms with Crippen molar-refractivity contribution in [1.29, 1.82) is 0 Å². The zero-order chi connectivity index (χ0) is 18.6. The van der Waals surface area contributed by atoms with Crippen LogP contribution in [-0.2, 0) is 9.53 Å². The van der Waals surface area contributed by atoms with E-state index < -0.39 is 13.4 Å². The van der Waals surface area contributed by atoms with Crippen molar-refractivity contribution in [3.05, 3.63) is 12.2 Å². The van der Waals surface area contributed by atoms with Gasteiger partial charge in [0.1, 0.15) is 25.0 Å². The van der Waals surface area contributed by atoms with Crippen LogP contribution in [0.1, 0.15) is 53.4 Å². The van der Waals surface area contributed by atoms with E-state index in [0.717, 1.165) is 12.8 Å². The van der Waals surface area contributed by atoms with E-state index in [1.807, 2.05) is 53.9 Å². The molecule has 0 aromatic heterocycles. The third kappa shape index (κ3) is 3.18. The second kappa shape index (κ2) is 6.60. The Morgan fingerprint density at radius 2 is 1.68 bits per heavy atom. The molecule has 1 heterocycles. The number of hydrogen-bond donors (Lipinski definition) is 0. The second-order valence-corrected chi connectivity index (χ2v) is 11.8. The molecule has 0 bridgehead atoms. The zero-order valence-corrected chi connectivity index (χ0v) is 17.3. The summed E-state index contributed by atoms with van der Waals surface area (Å²) in [5, 5.41) is 0. The summed E-state index contributed by atoms with van der Waals surface area (Å²) >= 11 is 0. The van der Waals surface area contributed by atoms with E-state index in [1.54, 1.807) is 0 Å². The normalized spacial score (nSPS) is 38.8. The summed E-state index contributed by atoms with van der Waals surface area (Å²) in [5.41, 5.74) is -0.653. The highest BCUT2D eigenvalue weighted by molar-refractivity contribution is 7.65. The maximum absolute atomic E-state index is 14.2. The van der Waals surface area contributed by atoms with E-state index >= 15 is 0 Å². The third-order valence-corrected chi connectivity index (χ3v) is 9.92. The minimum absolute atomic E-state index is 0.0238. The highest BCUT2D eigenvalue weighted by Gasteiger charge is 2.73. The van der Waals surface area contributed by atoms with Gasteiger partial charge in [-0.3, -0.25) is 4.79 Å². The fraction of sp³-hybridized carbons (Fsp3) is 0.842. The number of nitrogens with zero attached hydrogens (tertiary/aromatic N) is 2. The van der Waals surface area contributed by atoms with Crippen LogP contribution in [-0.4, -0.2) is 52.7 Å². The van der Waals surface area contributed by atoms with Crippen LogP contribution in [0.2, 0.25) is 0 Å². The minimum Gasteiger partial charge on any atom is -0.650 e. The maximum Gasteiger partial charge on any atom is 0.314 e. The Morgan fingerprint density at radius 3 is 2.12 bits per heavy atom. The van der Waals surface area contributed by atoms with Gasteiger partial charge in [0.25, 0.3) is 0 Å². The van der Waals surface area contributed by atoms with Crippen LogP contribution in [0.4, 0.5) is 0 Å². The predicted molar refractivity (Wildman–Crippen MR) is 99.9 cm³/mol. The first-order valence-corrected chi connectivity index (χ1v) is 11.2. The van der Waals surface area contributed by atoms with Gasteiger partial charge in [-0.15, -0.1) is 0 Å². The third-order valence-electron chi connectivity index (χ3n) is 6.08. The lowest BCUT2D eigenvalue weighted by atomic mass is 9.91. The van der Waals surface area contributed by atoms with Gasteiger partial charge in [-0.2, -0.15) is 9.34 Å². The van der Waals surface area contributed by atoms with Gasteiger partial charge < -0.3 is 9.63 Å². The molecule has 1 saturated heterocycles. The van der Waals surface area contributed by atoms with E-state index in [1.165, 1.54) is 12.8 Å². The average molecular weight is 368 g/mol. The van der Waals surface area contributed by atoms with Gasteiger partial charge in [-0.1, -0.05) is 25.0 Å². The van der Waals surface area contributed by atoms with Crippen molar-refractivity contribution in [1.82, 2.24) is 9.34 Å². The number of rotatable bonds is 3. The Morgan fingerprint density at radius 1 is 1.16 bits per heavy atom. The van der Waals surface area contributed by atoms with Gasteiger partial charge in [0.2, 0.25) is 0 Å². The van der Waals surface area contributed by atoms with Crippen LogP contribution in [0.25, 0.3) is 0 Å². The summed E-state index contributed by atoms with van der Waals surface area (Å²) < 4.78 is 9.89. The molecule has 0 amide bonds. The second-order valence-electron chi connectivity index (χ2n) is 8.81. The van der Waals surface area contributed by atoms with E-state index in [9.17, 15) is 9.69 Å². The number of carbonyl (C=O) groups excluding carboxylic acids is 1. The molecule has 0 radical (unpaired) electrons. The number of ether oxygens (including phenoxy) is 1. The predicted octanol–water partition coefficient (Wildman–Crippen LogP) is 2.83. The molecule has 3 aliphatic rings. The SMILES string of the molecule is C/C=C/[C@H]1[C@H](C(=O)OC(C)(C)C)[C@H]1[P+]1([O-])N(C)[C@@H]2CCCC[C@H]2N1C. The molecule has 0 spiro atoms. The van der Waals surface area contributed by atoms with Gasteiger partial charge in [0.15, 0.2) is 0 Å². The van der Waals surface area contributed by atoms with E-state index in [-0.39, 0.29) is 23.5 Å². The number of likely N-dealkylation sites (N-methyl/N-ethyl adjacent to an activating group) is 2. The van der Waals surface area contributed by atoms with Crippen LogP contribution < -0.4 is 4.89 Å². The van der Waals surface area contributed by atoms with Crippen LogP contribution in [0.15, 0.2) is 12.2 Å². The van der Waals surface area contributed by atoms with Gasteiger partial charge in [0.05, 0.1) is 12.1 Å². The quantitative estimate of drug-likeness (QED) is 0.436. The molecule has 0 unspecified atom stereocenters. The molecule has 5 nitrogen and oxygen atoms in total. The maximum atomic E-state index is 14.2. The first kappa shape index (κ1) is 19.3. The van der Waals surface area contributed by atoms with Crippen molar-refractivity contribution in [2.24, 2.45) is 11.8 Å². The Bertz CT molecular complexity index is 541. The number of carbonyl (C=O) groups is 1. The molecule has 0 aromatic carbocycles. The standard InChI is InChI=1S/C19H33N2O3P/c1-7-10-13-16(18(22)24-19(2,3)4)17(13)25(23)20(5)14-11-8-9-12-15(14)21(25)6/h7,10,13-17H,8-9,11-12H2,1-6H3/b10-7+/t13-,14+,15+,16-,17-/m0/s1. The van der Waals surface area contributed by atoms with Gasteiger partial charge >= 0.3 is 5.97 Å². The molecule has 2 saturated carbocycles. The summed E-state index contributed by atoms with van der Waals surface area (Å²) in [5.74, 6) is -0.463. The lowest BCUT2D eigenvalue weighted by molar-refractivity contribution is -0.191. The first-order valence-electron chi connectivity index (χ1n) is 9.55. The Labute approximate surface area is 152 Å². The van der Waals surface area contributed by atoms with Crippen LogP contribution in [0.3, 0.4) is 0 Å². The Kier molecular flexibility index (Phi) is 5.09. The van der Waals surface area contributed by atoms with Crippen molar-refractivity contribution in [3.63, 3.8) is 0 Å². The van der Waals surface area contributed by atoms with Crippen molar-refractivity contribution in [2.45, 2.75) is 76.7 Å². The van der Waals surface area contributed by atoms with Gasteiger partial charge in [-0.25, -0.2) is 0 Å². The molecular formula is C19H33N2O3P. The molecule has 0 N–H and O–H groups in total. The van der Waals surface area contributed by atoms with Crippen molar-refractivity contribution >= 4 is 13.8 Å². The first-order chi connectivity index (χ1) is 11.6. The number of esters is 1. The monoisotopic (exact) mass is 368 g/mol. The summed E-state index contributed by atoms with van der Waals surface area (Å²) in [6.45, 7) is 7.62. The lowest BCUT2D eigenvalue weighted by Gasteiger charge is -2.38. The van der Waals surface area contributed by atoms with Crippen molar-refractivity contribution in [3.8, 4) is 0 Å². The summed E-state index contributed by atoms with van der Waals surface area (Å²) in [4.78, 5) is 26.9. The molecule has 5 atom stereocenters. The summed E-state index contributed by atoms with van der Waals surface area (Å²) in [6.07, 6.45) is 8.64. The molecular weight excluding hydrogens is 335 g/mol.